The van der Waals surface area contributed by atoms with Crippen LogP contribution in [0.1, 0.15) is 6.42 Å². The van der Waals surface area contributed by atoms with Gasteiger partial charge in [-0.05, 0) is 45.3 Å². The smallest absolute Gasteiger partial charge is 0.298 e. The molecule has 2 aromatic rings. The highest BCUT2D eigenvalue weighted by Crippen LogP contribution is 2.30. The molecule has 8 heteroatoms. The average Bonchev–Trinajstić information content (AvgIpc) is 3.01. The van der Waals surface area contributed by atoms with Gasteiger partial charge in [0.15, 0.2) is 5.13 Å². The third-order valence-corrected chi connectivity index (χ3v) is 4.70. The van der Waals surface area contributed by atoms with Gasteiger partial charge >= 0.3 is 0 Å². The number of fused-ring (bicyclic) bond motifs is 1. The SMILES string of the molecule is CN(C)CCCN(C(=O)C1=COCCO1)c1nc2ccc(F)cc2s1. The van der Waals surface area contributed by atoms with E-state index in [-0.39, 0.29) is 17.5 Å². The predicted molar refractivity (Wildman–Crippen MR) is 95.1 cm³/mol. The summed E-state index contributed by atoms with van der Waals surface area (Å²) in [4.78, 5) is 21.0. The third-order valence-electron chi connectivity index (χ3n) is 3.66. The van der Waals surface area contributed by atoms with E-state index in [1.807, 2.05) is 14.1 Å². The normalized spacial score (nSPS) is 14.2. The lowest BCUT2D eigenvalue weighted by Gasteiger charge is -2.23. The van der Waals surface area contributed by atoms with Crippen molar-refractivity contribution in [1.29, 1.82) is 0 Å². The highest BCUT2D eigenvalue weighted by atomic mass is 32.1. The fraction of sp³-hybridized carbons (Fsp3) is 0.412. The molecule has 25 heavy (non-hydrogen) atoms. The summed E-state index contributed by atoms with van der Waals surface area (Å²) < 4.78 is 24.8. The topological polar surface area (TPSA) is 54.9 Å². The van der Waals surface area contributed by atoms with Crippen LogP contribution in [0.5, 0.6) is 0 Å². The summed E-state index contributed by atoms with van der Waals surface area (Å²) in [6, 6.07) is 4.41. The van der Waals surface area contributed by atoms with E-state index in [0.29, 0.717) is 35.1 Å². The zero-order chi connectivity index (χ0) is 17.8. The first-order valence-electron chi connectivity index (χ1n) is 8.02. The van der Waals surface area contributed by atoms with E-state index in [4.69, 9.17) is 9.47 Å². The molecule has 6 nitrogen and oxygen atoms in total. The molecule has 1 aromatic carbocycles. The number of thiazole rings is 1. The second-order valence-electron chi connectivity index (χ2n) is 5.92. The number of benzene rings is 1. The number of nitrogens with zero attached hydrogens (tertiary/aromatic N) is 3. The molecule has 0 saturated heterocycles. The van der Waals surface area contributed by atoms with E-state index in [9.17, 15) is 9.18 Å². The number of hydrogen-bond acceptors (Lipinski definition) is 6. The van der Waals surface area contributed by atoms with Gasteiger partial charge in [0.1, 0.15) is 25.3 Å². The number of ether oxygens (including phenoxy) is 2. The summed E-state index contributed by atoms with van der Waals surface area (Å²) in [5, 5.41) is 0.527. The summed E-state index contributed by atoms with van der Waals surface area (Å²) in [6.07, 6.45) is 2.12. The van der Waals surface area contributed by atoms with E-state index in [1.54, 1.807) is 11.0 Å². The van der Waals surface area contributed by atoms with Gasteiger partial charge in [-0.2, -0.15) is 0 Å². The highest BCUT2D eigenvalue weighted by molar-refractivity contribution is 7.22. The van der Waals surface area contributed by atoms with Crippen LogP contribution < -0.4 is 4.90 Å². The van der Waals surface area contributed by atoms with Crippen molar-refractivity contribution in [3.63, 3.8) is 0 Å². The first-order chi connectivity index (χ1) is 12.0. The van der Waals surface area contributed by atoms with Crippen molar-refractivity contribution in [2.75, 3.05) is 45.3 Å². The van der Waals surface area contributed by atoms with E-state index in [1.165, 1.54) is 29.7 Å². The van der Waals surface area contributed by atoms with Crippen molar-refractivity contribution in [3.8, 4) is 0 Å². The Morgan fingerprint density at radius 1 is 1.32 bits per heavy atom. The summed E-state index contributed by atoms with van der Waals surface area (Å²) in [6.45, 7) is 2.09. The lowest BCUT2D eigenvalue weighted by atomic mass is 10.3. The molecule has 1 aliphatic rings. The molecule has 0 N–H and O–H groups in total. The molecule has 2 heterocycles. The van der Waals surface area contributed by atoms with Crippen molar-refractivity contribution in [1.82, 2.24) is 9.88 Å². The van der Waals surface area contributed by atoms with E-state index in [2.05, 4.69) is 9.88 Å². The molecule has 0 unspecified atom stereocenters. The number of carbonyl (C=O) groups is 1. The van der Waals surface area contributed by atoms with E-state index in [0.717, 1.165) is 13.0 Å². The maximum Gasteiger partial charge on any atom is 0.298 e. The largest absolute Gasteiger partial charge is 0.494 e. The first kappa shape index (κ1) is 17.6. The Bertz CT molecular complexity index is 791. The Kier molecular flexibility index (Phi) is 5.50. The number of anilines is 1. The minimum Gasteiger partial charge on any atom is -0.494 e. The molecule has 0 spiro atoms. The molecular weight excluding hydrogens is 345 g/mol. The predicted octanol–water partition coefficient (Wildman–Crippen LogP) is 2.61. The number of carbonyl (C=O) groups excluding carboxylic acids is 1. The van der Waals surface area contributed by atoms with Crippen LogP contribution in [0.3, 0.4) is 0 Å². The van der Waals surface area contributed by atoms with Gasteiger partial charge < -0.3 is 14.4 Å². The molecule has 0 atom stereocenters. The molecule has 0 fully saturated rings. The molecule has 1 aliphatic heterocycles. The van der Waals surface area contributed by atoms with Gasteiger partial charge in [0, 0.05) is 6.54 Å². The summed E-state index contributed by atoms with van der Waals surface area (Å²) in [5.41, 5.74) is 0.668. The fourth-order valence-electron chi connectivity index (χ4n) is 2.44. The molecule has 0 radical (unpaired) electrons. The molecule has 134 valence electrons. The Balaban J connectivity index is 1.88. The average molecular weight is 365 g/mol. The van der Waals surface area contributed by atoms with Gasteiger partial charge in [0.2, 0.25) is 5.76 Å². The Labute approximate surface area is 149 Å². The summed E-state index contributed by atoms with van der Waals surface area (Å²) in [7, 11) is 3.96. The highest BCUT2D eigenvalue weighted by Gasteiger charge is 2.26. The second kappa shape index (κ2) is 7.79. The van der Waals surface area contributed by atoms with E-state index >= 15 is 0 Å². The van der Waals surface area contributed by atoms with Crippen LogP contribution in [0.4, 0.5) is 9.52 Å². The van der Waals surface area contributed by atoms with Crippen LogP contribution in [-0.4, -0.2) is 56.2 Å². The van der Waals surface area contributed by atoms with Crippen LogP contribution in [0.2, 0.25) is 0 Å². The maximum absolute atomic E-state index is 13.4. The monoisotopic (exact) mass is 365 g/mol. The van der Waals surface area contributed by atoms with Gasteiger partial charge in [-0.3, -0.25) is 9.69 Å². The number of amides is 1. The molecule has 0 aliphatic carbocycles. The standard InChI is InChI=1S/C17H20FN3O3S/c1-20(2)6-3-7-21(16(22)14-11-23-8-9-24-14)17-19-13-5-4-12(18)10-15(13)25-17/h4-5,10-11H,3,6-9H2,1-2H3. The Morgan fingerprint density at radius 2 is 2.16 bits per heavy atom. The van der Waals surface area contributed by atoms with Crippen LogP contribution in [0.25, 0.3) is 10.2 Å². The van der Waals surface area contributed by atoms with Gasteiger partial charge in [-0.15, -0.1) is 0 Å². The lowest BCUT2D eigenvalue weighted by Crippen LogP contribution is -2.36. The van der Waals surface area contributed by atoms with Gasteiger partial charge in [0.05, 0.1) is 10.2 Å². The molecular formula is C17H20FN3O3S. The number of aromatic nitrogens is 1. The summed E-state index contributed by atoms with van der Waals surface area (Å²) in [5.74, 6) is -0.445. The fourth-order valence-corrected chi connectivity index (χ4v) is 3.46. The zero-order valence-corrected chi connectivity index (χ0v) is 15.0. The van der Waals surface area contributed by atoms with Crippen molar-refractivity contribution >= 4 is 32.6 Å². The van der Waals surface area contributed by atoms with Gasteiger partial charge in [-0.1, -0.05) is 11.3 Å². The Hall–Kier alpha value is -2.19. The zero-order valence-electron chi connectivity index (χ0n) is 14.2. The van der Waals surface area contributed by atoms with Gasteiger partial charge in [-0.25, -0.2) is 9.37 Å². The van der Waals surface area contributed by atoms with Crippen molar-refractivity contribution in [2.24, 2.45) is 0 Å². The number of halogens is 1. The number of hydrogen-bond donors (Lipinski definition) is 0. The van der Waals surface area contributed by atoms with Crippen LogP contribution in [0.15, 0.2) is 30.2 Å². The van der Waals surface area contributed by atoms with E-state index < -0.39 is 0 Å². The molecule has 3 rings (SSSR count). The molecule has 0 bridgehead atoms. The first-order valence-corrected chi connectivity index (χ1v) is 8.83. The van der Waals surface area contributed by atoms with Crippen LogP contribution in [-0.2, 0) is 14.3 Å². The quantitative estimate of drug-likeness (QED) is 0.788. The lowest BCUT2D eigenvalue weighted by molar-refractivity contribution is -0.119. The van der Waals surface area contributed by atoms with Crippen molar-refractivity contribution in [3.05, 3.63) is 36.0 Å². The molecule has 0 saturated carbocycles. The van der Waals surface area contributed by atoms with Crippen molar-refractivity contribution in [2.45, 2.75) is 6.42 Å². The van der Waals surface area contributed by atoms with Crippen molar-refractivity contribution < 1.29 is 18.7 Å². The minimum absolute atomic E-state index is 0.168. The number of rotatable bonds is 6. The maximum atomic E-state index is 13.4. The molecule has 1 aromatic heterocycles. The van der Waals surface area contributed by atoms with Crippen LogP contribution in [0, 0.1) is 5.82 Å². The second-order valence-corrected chi connectivity index (χ2v) is 6.93. The third kappa shape index (κ3) is 4.26. The van der Waals surface area contributed by atoms with Crippen LogP contribution >= 0.6 is 11.3 Å². The molecule has 1 amide bonds. The minimum atomic E-state index is -0.320. The Morgan fingerprint density at radius 3 is 2.88 bits per heavy atom. The van der Waals surface area contributed by atoms with Gasteiger partial charge in [0.25, 0.3) is 5.91 Å². The summed E-state index contributed by atoms with van der Waals surface area (Å²) >= 11 is 1.29.